The number of hydrogen-bond acceptors (Lipinski definition) is 4. The lowest BCUT2D eigenvalue weighted by Gasteiger charge is -2.05. The summed E-state index contributed by atoms with van der Waals surface area (Å²) in [6.07, 6.45) is 0. The van der Waals surface area contributed by atoms with Crippen LogP contribution in [0.4, 0.5) is 11.5 Å². The molecule has 0 unspecified atom stereocenters. The lowest BCUT2D eigenvalue weighted by molar-refractivity contribution is 0.886. The number of imidazole rings is 1. The van der Waals surface area contributed by atoms with Crippen molar-refractivity contribution >= 4 is 22.5 Å². The van der Waals surface area contributed by atoms with Gasteiger partial charge in [0.25, 0.3) is 0 Å². The Morgan fingerprint density at radius 2 is 2.05 bits per heavy atom. The van der Waals surface area contributed by atoms with E-state index in [9.17, 15) is 0 Å². The van der Waals surface area contributed by atoms with E-state index in [-0.39, 0.29) is 0 Å². The fraction of sp³-hybridized carbons (Fsp3) is 0.133. The normalized spacial score (nSPS) is 10.4. The maximum absolute atomic E-state index is 8.85. The highest BCUT2D eigenvalue weighted by Crippen LogP contribution is 2.21. The Morgan fingerprint density at radius 1 is 1.20 bits per heavy atom. The molecule has 0 saturated heterocycles. The summed E-state index contributed by atoms with van der Waals surface area (Å²) in [6.45, 7) is 1.98. The van der Waals surface area contributed by atoms with Crippen LogP contribution in [0.1, 0.15) is 11.5 Å². The van der Waals surface area contributed by atoms with Crippen molar-refractivity contribution < 1.29 is 0 Å². The average Bonchev–Trinajstić information content (AvgIpc) is 2.74. The summed E-state index contributed by atoms with van der Waals surface area (Å²) >= 11 is 0. The summed E-state index contributed by atoms with van der Waals surface area (Å²) in [4.78, 5) is 8.69. The molecule has 20 heavy (non-hydrogen) atoms. The molecular formula is C15H13N5. The molecule has 1 aromatic carbocycles. The number of pyridine rings is 1. The third-order valence-electron chi connectivity index (χ3n) is 3.24. The van der Waals surface area contributed by atoms with E-state index in [1.807, 2.05) is 48.9 Å². The molecule has 3 aromatic rings. The molecule has 5 heteroatoms. The van der Waals surface area contributed by atoms with Gasteiger partial charge in [-0.3, -0.25) is 0 Å². The number of aryl methyl sites for hydroxylation is 2. The number of rotatable bonds is 2. The van der Waals surface area contributed by atoms with Crippen molar-refractivity contribution in [3.8, 4) is 6.07 Å². The number of anilines is 2. The maximum Gasteiger partial charge on any atom is 0.142 e. The number of hydrogen-bond donors (Lipinski definition) is 1. The summed E-state index contributed by atoms with van der Waals surface area (Å²) < 4.78 is 2.05. The number of nitriles is 1. The predicted octanol–water partition coefficient (Wildman–Crippen LogP) is 2.89. The van der Waals surface area contributed by atoms with Gasteiger partial charge in [-0.2, -0.15) is 5.26 Å². The molecule has 0 spiro atoms. The second kappa shape index (κ2) is 4.67. The lowest BCUT2D eigenvalue weighted by Crippen LogP contribution is -1.95. The van der Waals surface area contributed by atoms with E-state index < -0.39 is 0 Å². The molecule has 0 bridgehead atoms. The Morgan fingerprint density at radius 3 is 2.85 bits per heavy atom. The SMILES string of the molecule is Cc1nc2cc(Nc3cccc(C#N)n3)ccc2n1C. The standard InChI is InChI=1S/C15H13N5/c1-10-17-13-8-11(6-7-14(13)20(10)2)18-15-5-3-4-12(9-16)19-15/h3-8H,1-2H3,(H,18,19). The molecule has 0 fully saturated rings. The highest BCUT2D eigenvalue weighted by Gasteiger charge is 2.05. The second-order valence-corrected chi connectivity index (χ2v) is 4.57. The summed E-state index contributed by atoms with van der Waals surface area (Å²) in [7, 11) is 2.00. The first-order valence-electron chi connectivity index (χ1n) is 6.24. The first-order valence-corrected chi connectivity index (χ1v) is 6.24. The van der Waals surface area contributed by atoms with Gasteiger partial charge in [-0.15, -0.1) is 0 Å². The zero-order valence-corrected chi connectivity index (χ0v) is 11.3. The van der Waals surface area contributed by atoms with Crippen molar-refractivity contribution in [2.45, 2.75) is 6.92 Å². The minimum absolute atomic E-state index is 0.393. The van der Waals surface area contributed by atoms with E-state index in [1.54, 1.807) is 12.1 Å². The molecule has 98 valence electrons. The van der Waals surface area contributed by atoms with Crippen LogP contribution in [0.2, 0.25) is 0 Å². The van der Waals surface area contributed by atoms with E-state index in [2.05, 4.69) is 15.3 Å². The van der Waals surface area contributed by atoms with Gasteiger partial charge in [0.2, 0.25) is 0 Å². The molecule has 5 nitrogen and oxygen atoms in total. The van der Waals surface area contributed by atoms with Crippen molar-refractivity contribution in [2.24, 2.45) is 7.05 Å². The molecular weight excluding hydrogens is 250 g/mol. The smallest absolute Gasteiger partial charge is 0.142 e. The van der Waals surface area contributed by atoms with E-state index in [1.165, 1.54) is 0 Å². The van der Waals surface area contributed by atoms with Gasteiger partial charge in [0, 0.05) is 12.7 Å². The quantitative estimate of drug-likeness (QED) is 0.772. The number of aromatic nitrogens is 3. The average molecular weight is 263 g/mol. The molecule has 0 aliphatic heterocycles. The monoisotopic (exact) mass is 263 g/mol. The van der Waals surface area contributed by atoms with Gasteiger partial charge in [0.1, 0.15) is 23.4 Å². The maximum atomic E-state index is 8.85. The van der Waals surface area contributed by atoms with Crippen molar-refractivity contribution in [3.63, 3.8) is 0 Å². The van der Waals surface area contributed by atoms with Crippen molar-refractivity contribution in [2.75, 3.05) is 5.32 Å². The summed E-state index contributed by atoms with van der Waals surface area (Å²) in [5.41, 5.74) is 3.32. The van der Waals surface area contributed by atoms with E-state index in [4.69, 9.17) is 5.26 Å². The topological polar surface area (TPSA) is 66.5 Å². The van der Waals surface area contributed by atoms with Crippen LogP contribution in [0, 0.1) is 18.3 Å². The fourth-order valence-electron chi connectivity index (χ4n) is 2.11. The summed E-state index contributed by atoms with van der Waals surface area (Å²) in [5.74, 6) is 1.62. The van der Waals surface area contributed by atoms with Crippen molar-refractivity contribution in [1.82, 2.24) is 14.5 Å². The van der Waals surface area contributed by atoms with E-state index in [0.717, 1.165) is 22.5 Å². The van der Waals surface area contributed by atoms with Crippen LogP contribution in [0.3, 0.4) is 0 Å². The highest BCUT2D eigenvalue weighted by molar-refractivity contribution is 5.81. The van der Waals surface area contributed by atoms with Gasteiger partial charge < -0.3 is 9.88 Å². The van der Waals surface area contributed by atoms with Crippen LogP contribution in [0.15, 0.2) is 36.4 Å². The minimum Gasteiger partial charge on any atom is -0.340 e. The molecule has 0 radical (unpaired) electrons. The highest BCUT2D eigenvalue weighted by atomic mass is 15.1. The Labute approximate surface area is 116 Å². The molecule has 0 aliphatic rings. The van der Waals surface area contributed by atoms with Gasteiger partial charge in [-0.05, 0) is 37.3 Å². The number of nitrogens with zero attached hydrogens (tertiary/aromatic N) is 4. The molecule has 1 N–H and O–H groups in total. The largest absolute Gasteiger partial charge is 0.340 e. The zero-order chi connectivity index (χ0) is 14.1. The first-order chi connectivity index (χ1) is 9.67. The number of nitrogens with one attached hydrogen (secondary N) is 1. The molecule has 3 rings (SSSR count). The second-order valence-electron chi connectivity index (χ2n) is 4.57. The Hall–Kier alpha value is -2.87. The van der Waals surface area contributed by atoms with Crippen LogP contribution in [0.5, 0.6) is 0 Å². The number of benzene rings is 1. The molecule has 0 atom stereocenters. The Balaban J connectivity index is 1.96. The van der Waals surface area contributed by atoms with Gasteiger partial charge in [-0.1, -0.05) is 6.07 Å². The predicted molar refractivity (Wildman–Crippen MR) is 77.7 cm³/mol. The molecule has 0 aliphatic carbocycles. The third-order valence-corrected chi connectivity index (χ3v) is 3.24. The summed E-state index contributed by atoms with van der Waals surface area (Å²) in [5, 5.41) is 12.0. The molecule has 0 amide bonds. The van der Waals surface area contributed by atoms with Gasteiger partial charge in [-0.25, -0.2) is 9.97 Å². The number of fused-ring (bicyclic) bond motifs is 1. The van der Waals surface area contributed by atoms with Crippen molar-refractivity contribution in [1.29, 1.82) is 5.26 Å². The van der Waals surface area contributed by atoms with Crippen molar-refractivity contribution in [3.05, 3.63) is 47.9 Å². The van der Waals surface area contributed by atoms with E-state index >= 15 is 0 Å². The van der Waals surface area contributed by atoms with Crippen LogP contribution in [-0.2, 0) is 7.05 Å². The third kappa shape index (κ3) is 2.08. The van der Waals surface area contributed by atoms with Crippen LogP contribution < -0.4 is 5.32 Å². The van der Waals surface area contributed by atoms with Gasteiger partial charge in [0.05, 0.1) is 11.0 Å². The lowest BCUT2D eigenvalue weighted by atomic mass is 10.2. The molecule has 2 heterocycles. The molecule has 2 aromatic heterocycles. The van der Waals surface area contributed by atoms with Gasteiger partial charge in [0.15, 0.2) is 0 Å². The summed E-state index contributed by atoms with van der Waals surface area (Å²) in [6, 6.07) is 13.3. The first kappa shape index (κ1) is 12.2. The van der Waals surface area contributed by atoms with Gasteiger partial charge >= 0.3 is 0 Å². The van der Waals surface area contributed by atoms with E-state index in [0.29, 0.717) is 11.5 Å². The fourth-order valence-corrected chi connectivity index (χ4v) is 2.11. The Kier molecular flexibility index (Phi) is 2.84. The van der Waals surface area contributed by atoms with Crippen LogP contribution in [-0.4, -0.2) is 14.5 Å². The van der Waals surface area contributed by atoms with Crippen LogP contribution in [0.25, 0.3) is 11.0 Å². The van der Waals surface area contributed by atoms with Crippen LogP contribution >= 0.6 is 0 Å². The minimum atomic E-state index is 0.393. The Bertz CT molecular complexity index is 826. The molecule has 0 saturated carbocycles. The zero-order valence-electron chi connectivity index (χ0n) is 11.3.